The second-order valence-corrected chi connectivity index (χ2v) is 6.20. The van der Waals surface area contributed by atoms with Crippen molar-refractivity contribution in [2.75, 3.05) is 0 Å². The third-order valence-electron chi connectivity index (χ3n) is 4.63. The average molecular weight is 348 g/mol. The lowest BCUT2D eigenvalue weighted by atomic mass is 10.1. The molecule has 0 unspecified atom stereocenters. The van der Waals surface area contributed by atoms with Crippen molar-refractivity contribution in [1.82, 2.24) is 19.1 Å². The Morgan fingerprint density at radius 1 is 0.846 bits per heavy atom. The summed E-state index contributed by atoms with van der Waals surface area (Å²) in [5.74, 6) is 0.0353. The van der Waals surface area contributed by atoms with Crippen molar-refractivity contribution < 1.29 is 14.7 Å². The van der Waals surface area contributed by atoms with Crippen LogP contribution >= 0.6 is 0 Å². The van der Waals surface area contributed by atoms with Crippen molar-refractivity contribution in [3.8, 4) is 11.6 Å². The topological polar surface area (TPSA) is 90.0 Å². The van der Waals surface area contributed by atoms with Gasteiger partial charge in [0.25, 0.3) is 0 Å². The SMILES string of the molecule is CC(=O)c1cccc2c1nc(-c1nc3c(C(=O)O)cccc3n1C)n2C. The van der Waals surface area contributed by atoms with Crippen LogP contribution in [0.5, 0.6) is 0 Å². The van der Waals surface area contributed by atoms with Crippen molar-refractivity contribution in [2.45, 2.75) is 6.92 Å². The number of imidazole rings is 2. The molecule has 0 saturated heterocycles. The van der Waals surface area contributed by atoms with E-state index in [9.17, 15) is 14.7 Å². The Hall–Kier alpha value is -3.48. The van der Waals surface area contributed by atoms with E-state index in [-0.39, 0.29) is 11.3 Å². The van der Waals surface area contributed by atoms with E-state index >= 15 is 0 Å². The first-order chi connectivity index (χ1) is 12.4. The second kappa shape index (κ2) is 5.52. The predicted octanol–water partition coefficient (Wildman–Crippen LogP) is 3.03. The van der Waals surface area contributed by atoms with Gasteiger partial charge >= 0.3 is 5.97 Å². The monoisotopic (exact) mass is 348 g/mol. The molecule has 130 valence electrons. The maximum atomic E-state index is 11.9. The Morgan fingerprint density at radius 3 is 1.77 bits per heavy atom. The van der Waals surface area contributed by atoms with Crippen LogP contribution in [0.1, 0.15) is 27.6 Å². The van der Waals surface area contributed by atoms with Crippen LogP contribution in [-0.4, -0.2) is 36.0 Å². The van der Waals surface area contributed by atoms with Crippen molar-refractivity contribution >= 4 is 33.8 Å². The Balaban J connectivity index is 2.05. The lowest BCUT2D eigenvalue weighted by molar-refractivity contribution is 0.0698. The minimum atomic E-state index is -1.02. The van der Waals surface area contributed by atoms with Crippen LogP contribution < -0.4 is 0 Å². The molecule has 7 nitrogen and oxygen atoms in total. The van der Waals surface area contributed by atoms with Gasteiger partial charge in [-0.05, 0) is 31.2 Å². The van der Waals surface area contributed by atoms with E-state index in [0.29, 0.717) is 33.8 Å². The van der Waals surface area contributed by atoms with Gasteiger partial charge in [0.1, 0.15) is 11.0 Å². The number of aromatic carboxylic acids is 1. The first-order valence-electron chi connectivity index (χ1n) is 8.05. The van der Waals surface area contributed by atoms with Gasteiger partial charge in [-0.2, -0.15) is 0 Å². The molecule has 0 atom stereocenters. The summed E-state index contributed by atoms with van der Waals surface area (Å²) in [6, 6.07) is 10.5. The van der Waals surface area contributed by atoms with Gasteiger partial charge in [-0.15, -0.1) is 0 Å². The van der Waals surface area contributed by atoms with Gasteiger partial charge in [-0.25, -0.2) is 14.8 Å². The summed E-state index contributed by atoms with van der Waals surface area (Å²) < 4.78 is 3.68. The number of para-hydroxylation sites is 2. The Bertz CT molecular complexity index is 1120. The summed E-state index contributed by atoms with van der Waals surface area (Å²) in [6.45, 7) is 1.51. The summed E-state index contributed by atoms with van der Waals surface area (Å²) in [6.07, 6.45) is 0. The predicted molar refractivity (Wildman–Crippen MR) is 97.4 cm³/mol. The van der Waals surface area contributed by atoms with Crippen LogP contribution in [0.2, 0.25) is 0 Å². The molecule has 2 aromatic carbocycles. The van der Waals surface area contributed by atoms with E-state index in [1.807, 2.05) is 41.4 Å². The number of fused-ring (bicyclic) bond motifs is 2. The third-order valence-corrected chi connectivity index (χ3v) is 4.63. The van der Waals surface area contributed by atoms with Crippen molar-refractivity contribution in [2.24, 2.45) is 14.1 Å². The highest BCUT2D eigenvalue weighted by molar-refractivity contribution is 6.06. The van der Waals surface area contributed by atoms with Gasteiger partial charge in [0.05, 0.1) is 16.6 Å². The van der Waals surface area contributed by atoms with Crippen molar-refractivity contribution in [3.05, 3.63) is 47.5 Å². The average Bonchev–Trinajstić information content (AvgIpc) is 3.12. The van der Waals surface area contributed by atoms with E-state index in [4.69, 9.17) is 0 Å². The molecule has 2 aromatic heterocycles. The number of hydrogen-bond acceptors (Lipinski definition) is 4. The number of aryl methyl sites for hydroxylation is 2. The fourth-order valence-electron chi connectivity index (χ4n) is 3.29. The molecule has 0 saturated carbocycles. The molecule has 0 aliphatic rings. The normalized spacial score (nSPS) is 11.3. The van der Waals surface area contributed by atoms with Crippen LogP contribution in [0.4, 0.5) is 0 Å². The number of aromatic nitrogens is 4. The van der Waals surface area contributed by atoms with E-state index < -0.39 is 5.97 Å². The fourth-order valence-corrected chi connectivity index (χ4v) is 3.29. The number of benzene rings is 2. The molecule has 4 aromatic rings. The first kappa shape index (κ1) is 16.0. The van der Waals surface area contributed by atoms with Crippen LogP contribution in [-0.2, 0) is 14.1 Å². The highest BCUT2D eigenvalue weighted by atomic mass is 16.4. The molecule has 0 fully saturated rings. The van der Waals surface area contributed by atoms with Crippen molar-refractivity contribution in [1.29, 1.82) is 0 Å². The molecule has 0 spiro atoms. The van der Waals surface area contributed by atoms with Gasteiger partial charge in [0.2, 0.25) is 0 Å². The van der Waals surface area contributed by atoms with E-state index in [0.717, 1.165) is 5.52 Å². The number of carbonyl (C=O) groups excluding carboxylic acids is 1. The molecule has 0 amide bonds. The Labute approximate surface area is 148 Å². The minimum absolute atomic E-state index is 0.0570. The molecule has 2 heterocycles. The number of nitrogens with zero attached hydrogens (tertiary/aromatic N) is 4. The van der Waals surface area contributed by atoms with E-state index in [2.05, 4.69) is 9.97 Å². The zero-order valence-corrected chi connectivity index (χ0v) is 14.5. The maximum absolute atomic E-state index is 11.9. The largest absolute Gasteiger partial charge is 0.478 e. The molecule has 26 heavy (non-hydrogen) atoms. The zero-order chi connectivity index (χ0) is 18.6. The summed E-state index contributed by atoms with van der Waals surface area (Å²) in [5, 5.41) is 9.41. The lowest BCUT2D eigenvalue weighted by Crippen LogP contribution is -1.99. The first-order valence-corrected chi connectivity index (χ1v) is 8.05. The third kappa shape index (κ3) is 2.13. The second-order valence-electron chi connectivity index (χ2n) is 6.20. The van der Waals surface area contributed by atoms with Gasteiger partial charge in [-0.1, -0.05) is 12.1 Å². The molecule has 7 heteroatoms. The number of carboxylic acids is 1. The summed E-state index contributed by atoms with van der Waals surface area (Å²) in [4.78, 5) is 32.6. The molecule has 0 aliphatic heterocycles. The number of carboxylic acid groups (broad SMARTS) is 1. The quantitative estimate of drug-likeness (QED) is 0.575. The highest BCUT2D eigenvalue weighted by Gasteiger charge is 2.21. The van der Waals surface area contributed by atoms with Crippen LogP contribution in [0.15, 0.2) is 36.4 Å². The number of hydrogen-bond donors (Lipinski definition) is 1. The lowest BCUT2D eigenvalue weighted by Gasteiger charge is -2.03. The zero-order valence-electron chi connectivity index (χ0n) is 14.5. The minimum Gasteiger partial charge on any atom is -0.478 e. The number of rotatable bonds is 3. The molecule has 0 bridgehead atoms. The van der Waals surface area contributed by atoms with Crippen LogP contribution in [0.25, 0.3) is 33.7 Å². The number of Topliss-reactive ketones (excluding diaryl/α,β-unsaturated/α-hetero) is 1. The summed E-state index contributed by atoms with van der Waals surface area (Å²) >= 11 is 0. The summed E-state index contributed by atoms with van der Waals surface area (Å²) in [5.41, 5.74) is 3.25. The fraction of sp³-hybridized carbons (Fsp3) is 0.158. The molecular formula is C19H16N4O3. The Kier molecular flexibility index (Phi) is 3.40. The molecule has 0 radical (unpaired) electrons. The van der Waals surface area contributed by atoms with Gasteiger partial charge in [0, 0.05) is 19.7 Å². The van der Waals surface area contributed by atoms with E-state index in [1.54, 1.807) is 12.1 Å². The van der Waals surface area contributed by atoms with Crippen LogP contribution in [0.3, 0.4) is 0 Å². The van der Waals surface area contributed by atoms with Crippen molar-refractivity contribution in [3.63, 3.8) is 0 Å². The maximum Gasteiger partial charge on any atom is 0.337 e. The Morgan fingerprint density at radius 2 is 1.31 bits per heavy atom. The van der Waals surface area contributed by atoms with Gasteiger partial charge in [-0.3, -0.25) is 4.79 Å². The number of ketones is 1. The molecular weight excluding hydrogens is 332 g/mol. The molecule has 0 aliphatic carbocycles. The van der Waals surface area contributed by atoms with Gasteiger partial charge in [0.15, 0.2) is 17.4 Å². The highest BCUT2D eigenvalue weighted by Crippen LogP contribution is 2.29. The summed E-state index contributed by atoms with van der Waals surface area (Å²) in [7, 11) is 3.67. The standard InChI is InChI=1S/C19H16N4O3/c1-10(24)11-6-4-8-13-15(11)20-17(22(13)2)18-21-16-12(19(25)26)7-5-9-14(16)23(18)3/h4-9H,1-3H3,(H,25,26). The van der Waals surface area contributed by atoms with Gasteiger partial charge < -0.3 is 14.2 Å². The number of carbonyl (C=O) groups is 2. The smallest absolute Gasteiger partial charge is 0.337 e. The molecule has 1 N–H and O–H groups in total. The molecule has 4 rings (SSSR count). The van der Waals surface area contributed by atoms with Crippen LogP contribution in [0, 0.1) is 0 Å². The van der Waals surface area contributed by atoms with E-state index in [1.165, 1.54) is 13.0 Å².